The minimum atomic E-state index is -2.67. The highest BCUT2D eigenvalue weighted by Gasteiger charge is 2.39. The summed E-state index contributed by atoms with van der Waals surface area (Å²) in [7, 11) is 0. The molecule has 1 amide bonds. The molecule has 5 rings (SSSR count). The Labute approximate surface area is 242 Å². The summed E-state index contributed by atoms with van der Waals surface area (Å²) in [5, 5.41) is 16.9. The van der Waals surface area contributed by atoms with Gasteiger partial charge in [0.1, 0.15) is 18.2 Å². The second kappa shape index (κ2) is 13.2. The largest absolute Gasteiger partial charge is 0.484 e. The van der Waals surface area contributed by atoms with Gasteiger partial charge in [-0.3, -0.25) is 9.69 Å². The van der Waals surface area contributed by atoms with E-state index in [9.17, 15) is 18.7 Å². The van der Waals surface area contributed by atoms with Crippen LogP contribution in [-0.2, 0) is 19.6 Å². The molecular formula is C27H32ClF2N5O4S. The van der Waals surface area contributed by atoms with Crippen LogP contribution in [0.3, 0.4) is 0 Å². The van der Waals surface area contributed by atoms with Gasteiger partial charge >= 0.3 is 0 Å². The Morgan fingerprint density at radius 3 is 2.95 bits per heavy atom. The molecule has 2 aromatic heterocycles. The molecule has 0 radical (unpaired) electrons. The third-order valence-electron chi connectivity index (χ3n) is 6.98. The first-order valence-electron chi connectivity index (χ1n) is 12.9. The number of carbonyl (C=O) groups excluding carboxylic acids is 1. The summed E-state index contributed by atoms with van der Waals surface area (Å²) in [5.74, 6) is -1.47. The topological polar surface area (TPSA) is 113 Å². The van der Waals surface area contributed by atoms with E-state index in [1.807, 2.05) is 12.1 Å². The maximum Gasteiger partial charge on any atom is 0.251 e. The van der Waals surface area contributed by atoms with Gasteiger partial charge < -0.3 is 24.9 Å². The summed E-state index contributed by atoms with van der Waals surface area (Å²) in [6.45, 7) is 1.99. The zero-order valence-corrected chi connectivity index (χ0v) is 23.5. The standard InChI is InChI=1S/C27H30ClF2N5O4.H2S/c28-25-22-5-8-35(13-18(22)1-2-23(25)38-15-21-12-31-16-39-21)14-20(36)11-33-26(37)17-4-7-32-24(9-17)34-19-3-6-27(29,30)10-19;/h1-2,4,7,9,12,16,19-20,36H,3,5-6,8,10-11,13-15H2,(H,32,34)(H,33,37);1H2/t19?,20-;/m0./s1. The smallest absolute Gasteiger partial charge is 0.251 e. The van der Waals surface area contributed by atoms with Crippen molar-refractivity contribution in [1.82, 2.24) is 20.2 Å². The van der Waals surface area contributed by atoms with E-state index >= 15 is 0 Å². The summed E-state index contributed by atoms with van der Waals surface area (Å²) in [6.07, 6.45) is 4.26. The summed E-state index contributed by atoms with van der Waals surface area (Å²) < 4.78 is 37.9. The monoisotopic (exact) mass is 595 g/mol. The lowest BCUT2D eigenvalue weighted by molar-refractivity contribution is 0.00851. The van der Waals surface area contributed by atoms with Gasteiger partial charge in [-0.1, -0.05) is 17.7 Å². The third-order valence-corrected chi connectivity index (χ3v) is 7.39. The maximum atomic E-state index is 13.5. The van der Waals surface area contributed by atoms with Crippen molar-refractivity contribution >= 4 is 36.8 Å². The molecule has 1 unspecified atom stereocenters. The molecule has 1 fully saturated rings. The maximum absolute atomic E-state index is 13.5. The number of hydrogen-bond donors (Lipinski definition) is 3. The van der Waals surface area contributed by atoms with Crippen LogP contribution >= 0.6 is 25.1 Å². The molecule has 1 saturated carbocycles. The number of oxazole rings is 1. The minimum Gasteiger partial charge on any atom is -0.484 e. The number of halogens is 3. The van der Waals surface area contributed by atoms with Crippen LogP contribution in [-0.4, -0.2) is 63.6 Å². The Balaban J connectivity index is 0.00000370. The number of anilines is 1. The van der Waals surface area contributed by atoms with Crippen molar-refractivity contribution in [2.24, 2.45) is 0 Å². The highest BCUT2D eigenvalue weighted by molar-refractivity contribution is 7.59. The second-order valence-corrected chi connectivity index (χ2v) is 10.4. The average Bonchev–Trinajstić information content (AvgIpc) is 3.56. The summed E-state index contributed by atoms with van der Waals surface area (Å²) >= 11 is 6.61. The Morgan fingerprint density at radius 2 is 2.20 bits per heavy atom. The normalized spacial score (nSPS) is 18.9. The van der Waals surface area contributed by atoms with E-state index in [-0.39, 0.29) is 51.4 Å². The number of aliphatic hydroxyl groups excluding tert-OH is 1. The van der Waals surface area contributed by atoms with E-state index in [1.165, 1.54) is 18.7 Å². The number of fused-ring (bicyclic) bond motifs is 1. The molecule has 0 saturated heterocycles. The number of benzene rings is 1. The first kappa shape index (κ1) is 30.0. The van der Waals surface area contributed by atoms with E-state index in [0.29, 0.717) is 60.4 Å². The van der Waals surface area contributed by atoms with Crippen molar-refractivity contribution in [2.45, 2.75) is 56.9 Å². The molecule has 0 bridgehead atoms. The van der Waals surface area contributed by atoms with Gasteiger partial charge in [-0.2, -0.15) is 13.5 Å². The molecule has 1 aliphatic carbocycles. The van der Waals surface area contributed by atoms with E-state index in [2.05, 4.69) is 25.5 Å². The zero-order valence-electron chi connectivity index (χ0n) is 21.7. The molecule has 13 heteroatoms. The molecule has 0 spiro atoms. The fraction of sp³-hybridized carbons (Fsp3) is 0.444. The third kappa shape index (κ3) is 7.62. The number of nitrogens with zero attached hydrogens (tertiary/aromatic N) is 3. The molecule has 1 aromatic carbocycles. The fourth-order valence-electron chi connectivity index (χ4n) is 4.99. The molecule has 3 heterocycles. The first-order chi connectivity index (χ1) is 18.8. The van der Waals surface area contributed by atoms with Gasteiger partial charge in [0.2, 0.25) is 5.92 Å². The Kier molecular flexibility index (Phi) is 9.88. The van der Waals surface area contributed by atoms with Crippen LogP contribution in [0.25, 0.3) is 0 Å². The molecule has 216 valence electrons. The fourth-order valence-corrected chi connectivity index (χ4v) is 5.32. The van der Waals surface area contributed by atoms with Gasteiger partial charge in [-0.25, -0.2) is 18.7 Å². The number of rotatable bonds is 10. The molecule has 40 heavy (non-hydrogen) atoms. The Morgan fingerprint density at radius 1 is 1.35 bits per heavy atom. The van der Waals surface area contributed by atoms with Crippen molar-refractivity contribution < 1.29 is 27.8 Å². The molecule has 9 nitrogen and oxygen atoms in total. The van der Waals surface area contributed by atoms with E-state index in [1.54, 1.807) is 12.3 Å². The number of hydrogen-bond acceptors (Lipinski definition) is 8. The van der Waals surface area contributed by atoms with Crippen LogP contribution in [0.2, 0.25) is 5.02 Å². The van der Waals surface area contributed by atoms with Gasteiger partial charge in [0.05, 0.1) is 17.3 Å². The number of aliphatic hydroxyl groups is 1. The lowest BCUT2D eigenvalue weighted by Gasteiger charge is -2.31. The number of amides is 1. The van der Waals surface area contributed by atoms with Crippen molar-refractivity contribution in [3.63, 3.8) is 0 Å². The molecule has 2 atom stereocenters. The lowest BCUT2D eigenvalue weighted by atomic mass is 9.99. The van der Waals surface area contributed by atoms with Crippen molar-refractivity contribution in [1.29, 1.82) is 0 Å². The quantitative estimate of drug-likeness (QED) is 0.320. The van der Waals surface area contributed by atoms with Gasteiger partial charge in [-0.05, 0) is 42.2 Å². The van der Waals surface area contributed by atoms with Crippen LogP contribution < -0.4 is 15.4 Å². The second-order valence-electron chi connectivity index (χ2n) is 9.99. The van der Waals surface area contributed by atoms with Crippen LogP contribution in [0, 0.1) is 0 Å². The number of alkyl halides is 2. The highest BCUT2D eigenvalue weighted by atomic mass is 35.5. The minimum absolute atomic E-state index is 0. The van der Waals surface area contributed by atoms with Gasteiger partial charge in [-0.15, -0.1) is 0 Å². The summed E-state index contributed by atoms with van der Waals surface area (Å²) in [5.41, 5.74) is 2.42. The van der Waals surface area contributed by atoms with Crippen molar-refractivity contribution in [3.05, 3.63) is 70.5 Å². The highest BCUT2D eigenvalue weighted by Crippen LogP contribution is 2.36. The Bertz CT molecular complexity index is 1300. The number of ether oxygens (including phenoxy) is 1. The Hall–Kier alpha value is -2.93. The molecule has 3 aromatic rings. The molecular weight excluding hydrogens is 564 g/mol. The number of pyridine rings is 1. The zero-order chi connectivity index (χ0) is 27.4. The van der Waals surface area contributed by atoms with Crippen LogP contribution in [0.1, 0.15) is 46.5 Å². The number of aromatic nitrogens is 2. The summed E-state index contributed by atoms with van der Waals surface area (Å²) in [4.78, 5) is 22.8. The number of β-amino-alcohol motifs (C(OH)–C–C–N with tert-alkyl or cyclic N) is 1. The van der Waals surface area contributed by atoms with Gasteiger partial charge in [0.15, 0.2) is 12.2 Å². The predicted octanol–water partition coefficient (Wildman–Crippen LogP) is 4.16. The number of carbonyl (C=O) groups is 1. The van der Waals surface area contributed by atoms with Crippen LogP contribution in [0.5, 0.6) is 5.75 Å². The summed E-state index contributed by atoms with van der Waals surface area (Å²) in [6, 6.07) is 6.50. The molecule has 1 aliphatic heterocycles. The van der Waals surface area contributed by atoms with Crippen LogP contribution in [0.15, 0.2) is 47.5 Å². The SMILES string of the molecule is O=C(NC[C@H](O)CN1CCc2c(ccc(OCc3cnco3)c2Cl)C1)c1ccnc(NC2CCC(F)(F)C2)c1.S. The average molecular weight is 596 g/mol. The molecule has 2 aliphatic rings. The van der Waals surface area contributed by atoms with Gasteiger partial charge in [0.25, 0.3) is 5.91 Å². The van der Waals surface area contributed by atoms with E-state index < -0.39 is 12.0 Å². The van der Waals surface area contributed by atoms with Crippen LogP contribution in [0.4, 0.5) is 14.6 Å². The number of nitrogens with one attached hydrogen (secondary N) is 2. The van der Waals surface area contributed by atoms with Crippen molar-refractivity contribution in [3.8, 4) is 5.75 Å². The van der Waals surface area contributed by atoms with Gasteiger partial charge in [0, 0.05) is 56.8 Å². The predicted molar refractivity (Wildman–Crippen MR) is 150 cm³/mol. The van der Waals surface area contributed by atoms with E-state index in [4.69, 9.17) is 20.8 Å². The molecule has 3 N–H and O–H groups in total. The van der Waals surface area contributed by atoms with Crippen molar-refractivity contribution in [2.75, 3.05) is 25.0 Å². The first-order valence-corrected chi connectivity index (χ1v) is 13.2. The van der Waals surface area contributed by atoms with E-state index in [0.717, 1.165) is 11.1 Å². The lowest BCUT2D eigenvalue weighted by Crippen LogP contribution is -2.42.